The highest BCUT2D eigenvalue weighted by atomic mass is 35.5. The Morgan fingerprint density at radius 2 is 1.47 bits per heavy atom. The molecule has 0 unspecified atom stereocenters. The number of benzene rings is 4. The summed E-state index contributed by atoms with van der Waals surface area (Å²) in [5, 5.41) is 3.27. The maximum Gasteiger partial charge on any atom is 0.264 e. The fourth-order valence-corrected chi connectivity index (χ4v) is 6.33. The lowest BCUT2D eigenvalue weighted by Gasteiger charge is -2.34. The molecule has 43 heavy (non-hydrogen) atoms. The number of sulfonamides is 1. The summed E-state index contributed by atoms with van der Waals surface area (Å²) < 4.78 is 29.2. The first-order chi connectivity index (χ1) is 20.6. The first-order valence-corrected chi connectivity index (χ1v) is 15.9. The molecule has 0 aliphatic rings. The van der Waals surface area contributed by atoms with Crippen LogP contribution in [0.4, 0.5) is 5.69 Å². The Hall–Kier alpha value is -4.14. The highest BCUT2D eigenvalue weighted by Crippen LogP contribution is 2.26. The van der Waals surface area contributed by atoms with Gasteiger partial charge in [0.25, 0.3) is 10.0 Å². The highest BCUT2D eigenvalue weighted by Gasteiger charge is 2.34. The van der Waals surface area contributed by atoms with E-state index in [0.717, 1.165) is 26.6 Å². The molecule has 1 N–H and O–H groups in total. The largest absolute Gasteiger partial charge is 0.355 e. The number of carbonyl (C=O) groups excluding carboxylic acids is 2. The molecule has 7 nitrogen and oxygen atoms in total. The lowest BCUT2D eigenvalue weighted by atomic mass is 10.0. The lowest BCUT2D eigenvalue weighted by Crippen LogP contribution is -2.53. The number of anilines is 1. The van der Waals surface area contributed by atoms with Crippen LogP contribution in [0.5, 0.6) is 0 Å². The van der Waals surface area contributed by atoms with E-state index >= 15 is 0 Å². The number of aryl methyl sites for hydroxylation is 2. The zero-order chi connectivity index (χ0) is 31.0. The number of rotatable bonds is 12. The summed E-state index contributed by atoms with van der Waals surface area (Å²) in [5.41, 5.74) is 3.98. The van der Waals surface area contributed by atoms with Gasteiger partial charge in [0.2, 0.25) is 11.8 Å². The summed E-state index contributed by atoms with van der Waals surface area (Å²) in [6.45, 7) is 5.67. The Morgan fingerprint density at radius 3 is 2.09 bits per heavy atom. The van der Waals surface area contributed by atoms with Gasteiger partial charge in [-0.2, -0.15) is 0 Å². The van der Waals surface area contributed by atoms with Crippen LogP contribution in [0.25, 0.3) is 0 Å². The third-order valence-corrected chi connectivity index (χ3v) is 9.27. The van der Waals surface area contributed by atoms with Crippen LogP contribution in [0, 0.1) is 13.8 Å². The van der Waals surface area contributed by atoms with Crippen molar-refractivity contribution < 1.29 is 18.0 Å². The Labute approximate surface area is 259 Å². The molecule has 4 rings (SSSR count). The maximum atomic E-state index is 14.4. The van der Waals surface area contributed by atoms with E-state index in [2.05, 4.69) is 5.32 Å². The molecule has 0 aliphatic heterocycles. The molecule has 0 fully saturated rings. The fraction of sp³-hybridized carbons (Fsp3) is 0.235. The standard InChI is InChI=1S/C34H36ClN3O4S/c1-4-36-34(40)32(22-27-11-6-5-7-12-27)37(23-28-13-9-8-10-26(28)3)33(39)24-38(30-18-14-25(2)15-19-30)43(41,42)31-20-16-29(35)17-21-31/h5-21,32H,4,22-24H2,1-3H3,(H,36,40)/t32-/m0/s1. The van der Waals surface area contributed by atoms with Crippen LogP contribution in [-0.2, 0) is 32.6 Å². The second-order valence-electron chi connectivity index (χ2n) is 10.3. The summed E-state index contributed by atoms with van der Waals surface area (Å²) >= 11 is 6.04. The van der Waals surface area contributed by atoms with Gasteiger partial charge in [-0.15, -0.1) is 0 Å². The van der Waals surface area contributed by atoms with Gasteiger partial charge in [-0.3, -0.25) is 13.9 Å². The van der Waals surface area contributed by atoms with E-state index in [-0.39, 0.29) is 23.8 Å². The first-order valence-electron chi connectivity index (χ1n) is 14.1. The Bertz CT molecular complexity index is 1640. The molecule has 0 saturated heterocycles. The van der Waals surface area contributed by atoms with E-state index in [0.29, 0.717) is 17.3 Å². The molecule has 9 heteroatoms. The van der Waals surface area contributed by atoms with Gasteiger partial charge in [-0.05, 0) is 73.9 Å². The number of nitrogens with one attached hydrogen (secondary N) is 1. The molecule has 224 valence electrons. The minimum absolute atomic E-state index is 0.000269. The number of hydrogen-bond donors (Lipinski definition) is 1. The third-order valence-electron chi connectivity index (χ3n) is 7.23. The number of nitrogens with zero attached hydrogens (tertiary/aromatic N) is 2. The van der Waals surface area contributed by atoms with Crippen LogP contribution < -0.4 is 9.62 Å². The quantitative estimate of drug-likeness (QED) is 0.214. The molecule has 2 amide bonds. The van der Waals surface area contributed by atoms with E-state index in [1.54, 1.807) is 24.3 Å². The topological polar surface area (TPSA) is 86.8 Å². The van der Waals surface area contributed by atoms with Crippen molar-refractivity contribution in [3.8, 4) is 0 Å². The van der Waals surface area contributed by atoms with E-state index in [9.17, 15) is 18.0 Å². The van der Waals surface area contributed by atoms with Crippen LogP contribution >= 0.6 is 11.6 Å². The predicted molar refractivity (Wildman–Crippen MR) is 172 cm³/mol. The van der Waals surface area contributed by atoms with Crippen molar-refractivity contribution in [2.75, 3.05) is 17.4 Å². The highest BCUT2D eigenvalue weighted by molar-refractivity contribution is 7.92. The van der Waals surface area contributed by atoms with Gasteiger partial charge in [-0.1, -0.05) is 83.9 Å². The summed E-state index contributed by atoms with van der Waals surface area (Å²) in [4.78, 5) is 29.5. The summed E-state index contributed by atoms with van der Waals surface area (Å²) in [7, 11) is -4.18. The van der Waals surface area contributed by atoms with Crippen molar-refractivity contribution >= 4 is 39.1 Å². The molecule has 0 spiro atoms. The molecule has 1 atom stereocenters. The van der Waals surface area contributed by atoms with Gasteiger partial charge in [0.15, 0.2) is 0 Å². The fourth-order valence-electron chi connectivity index (χ4n) is 4.79. The van der Waals surface area contributed by atoms with E-state index < -0.39 is 28.5 Å². The molecule has 4 aromatic carbocycles. The van der Waals surface area contributed by atoms with Crippen molar-refractivity contribution in [1.82, 2.24) is 10.2 Å². The second-order valence-corrected chi connectivity index (χ2v) is 12.6. The SMILES string of the molecule is CCNC(=O)[C@H](Cc1ccccc1)N(Cc1ccccc1C)C(=O)CN(c1ccc(C)cc1)S(=O)(=O)c1ccc(Cl)cc1. The molecular formula is C34H36ClN3O4S. The average molecular weight is 618 g/mol. The van der Waals surface area contributed by atoms with Crippen LogP contribution in [0.1, 0.15) is 29.2 Å². The molecule has 0 radical (unpaired) electrons. The van der Waals surface area contributed by atoms with E-state index in [1.807, 2.05) is 75.4 Å². The van der Waals surface area contributed by atoms with Crippen molar-refractivity contribution in [1.29, 1.82) is 0 Å². The smallest absolute Gasteiger partial charge is 0.264 e. The lowest BCUT2D eigenvalue weighted by molar-refractivity contribution is -0.140. The molecule has 0 heterocycles. The van der Waals surface area contributed by atoms with Crippen LogP contribution in [0.3, 0.4) is 0 Å². The summed E-state index contributed by atoms with van der Waals surface area (Å²) in [6.07, 6.45) is 0.263. The molecule has 4 aromatic rings. The van der Waals surface area contributed by atoms with Crippen molar-refractivity contribution in [2.45, 2.75) is 44.7 Å². The number of carbonyl (C=O) groups is 2. The number of amides is 2. The van der Waals surface area contributed by atoms with E-state index in [4.69, 9.17) is 11.6 Å². The van der Waals surface area contributed by atoms with Gasteiger partial charge in [0, 0.05) is 24.5 Å². The zero-order valence-electron chi connectivity index (χ0n) is 24.5. The first kappa shape index (κ1) is 31.8. The normalized spacial score (nSPS) is 11.9. The summed E-state index contributed by atoms with van der Waals surface area (Å²) in [5.74, 6) is -0.815. The van der Waals surface area contributed by atoms with Gasteiger partial charge in [0.1, 0.15) is 12.6 Å². The number of halogens is 1. The van der Waals surface area contributed by atoms with Crippen molar-refractivity contribution in [3.63, 3.8) is 0 Å². The van der Waals surface area contributed by atoms with Gasteiger partial charge in [-0.25, -0.2) is 8.42 Å². The van der Waals surface area contributed by atoms with Crippen LogP contribution in [0.15, 0.2) is 108 Å². The van der Waals surface area contributed by atoms with Gasteiger partial charge in [0.05, 0.1) is 10.6 Å². The Morgan fingerprint density at radius 1 is 0.837 bits per heavy atom. The van der Waals surface area contributed by atoms with E-state index in [1.165, 1.54) is 29.2 Å². The molecule has 0 aromatic heterocycles. The number of hydrogen-bond acceptors (Lipinski definition) is 4. The van der Waals surface area contributed by atoms with Crippen LogP contribution in [-0.4, -0.2) is 44.3 Å². The Kier molecular flexibility index (Phi) is 10.6. The van der Waals surface area contributed by atoms with Crippen LogP contribution in [0.2, 0.25) is 5.02 Å². The maximum absolute atomic E-state index is 14.4. The summed E-state index contributed by atoms with van der Waals surface area (Å²) in [6, 6.07) is 29.0. The minimum Gasteiger partial charge on any atom is -0.355 e. The third kappa shape index (κ3) is 8.03. The average Bonchev–Trinajstić information content (AvgIpc) is 3.00. The molecule has 0 bridgehead atoms. The molecule has 0 aliphatic carbocycles. The number of likely N-dealkylation sites (N-methyl/N-ethyl adjacent to an activating group) is 1. The van der Waals surface area contributed by atoms with Gasteiger partial charge < -0.3 is 10.2 Å². The second kappa shape index (κ2) is 14.4. The molecule has 0 saturated carbocycles. The van der Waals surface area contributed by atoms with Crippen molar-refractivity contribution in [2.24, 2.45) is 0 Å². The van der Waals surface area contributed by atoms with Gasteiger partial charge >= 0.3 is 0 Å². The van der Waals surface area contributed by atoms with Crippen molar-refractivity contribution in [3.05, 3.63) is 130 Å². The Balaban J connectivity index is 1.80. The minimum atomic E-state index is -4.18. The molecular weight excluding hydrogens is 582 g/mol. The monoisotopic (exact) mass is 617 g/mol. The zero-order valence-corrected chi connectivity index (χ0v) is 26.1. The predicted octanol–water partition coefficient (Wildman–Crippen LogP) is 5.93.